The molecule has 1 atom stereocenters. The van der Waals surface area contributed by atoms with Crippen LogP contribution in [0, 0.1) is 0 Å². The van der Waals surface area contributed by atoms with Gasteiger partial charge in [0.2, 0.25) is 0 Å². The Kier molecular flexibility index (Phi) is 20.9. The van der Waals surface area contributed by atoms with E-state index in [1.807, 2.05) is 41.5 Å². The van der Waals surface area contributed by atoms with Crippen LogP contribution in [0.4, 0.5) is 0 Å². The summed E-state index contributed by atoms with van der Waals surface area (Å²) in [7, 11) is 4.34. The number of halogens is 1. The van der Waals surface area contributed by atoms with Crippen molar-refractivity contribution in [3.63, 3.8) is 0 Å². The Hall–Kier alpha value is -0.645. The van der Waals surface area contributed by atoms with Crippen LogP contribution < -0.4 is 0 Å². The number of Topliss-reactive ketones (excluding diaryl/α,β-unsaturated/α-hetero) is 2. The molecule has 0 spiro atoms. The molecule has 2 aliphatic carbocycles. The molecule has 0 aromatic carbocycles. The third-order valence-corrected chi connectivity index (χ3v) is 6.92. The molecule has 0 saturated carbocycles. The van der Waals surface area contributed by atoms with E-state index in [4.69, 9.17) is 18.9 Å². The molecule has 2 rings (SSSR count). The first-order valence-electron chi connectivity index (χ1n) is 12.8. The van der Waals surface area contributed by atoms with Gasteiger partial charge >= 0.3 is 24.8 Å². The Labute approximate surface area is 232 Å². The molecule has 2 aliphatic rings. The predicted molar refractivity (Wildman–Crippen MR) is 152 cm³/mol. The summed E-state index contributed by atoms with van der Waals surface area (Å²) in [6, 6.07) is 0. The van der Waals surface area contributed by atoms with Crippen molar-refractivity contribution in [2.24, 2.45) is 4.30 Å². The number of alkyl halides is 1. The van der Waals surface area contributed by atoms with Crippen LogP contribution in [0.25, 0.3) is 0 Å². The molecule has 0 aromatic heterocycles. The summed E-state index contributed by atoms with van der Waals surface area (Å²) < 4.78 is 24.7. The third kappa shape index (κ3) is 13.8. The van der Waals surface area contributed by atoms with E-state index in [0.717, 1.165) is 43.3 Å². The fourth-order valence-corrected chi connectivity index (χ4v) is 4.97. The fraction of sp³-hybridized carbons (Fsp3) is 0.769. The monoisotopic (exact) mass is 588 g/mol. The second kappa shape index (κ2) is 21.3. The minimum absolute atomic E-state index is 0.119. The summed E-state index contributed by atoms with van der Waals surface area (Å²) in [5, 5.41) is 0. The van der Waals surface area contributed by atoms with Gasteiger partial charge in [-0.25, -0.2) is 0 Å². The standard InChI is InChI=1S/C13H21BrO3.C13H22O3.BHNS/c1-4-16-13(17-5-2)8-11(14)10-6-7-12(15)9(10)3;1-4-15-13(16-5-2)9-7-11-6-8-12(14)10(11)3;1-2-3/h11,13H,4-8H2,1-3H3;13H,4-9H2,1-3H3;3H. The van der Waals surface area contributed by atoms with Gasteiger partial charge in [-0.05, 0) is 77.5 Å². The molecule has 1 unspecified atom stereocenters. The second-order valence-electron chi connectivity index (χ2n) is 8.26. The van der Waals surface area contributed by atoms with Crippen LogP contribution in [0.5, 0.6) is 0 Å². The molecule has 0 bridgehead atoms. The number of hydrogen-bond acceptors (Lipinski definition) is 8. The zero-order chi connectivity index (χ0) is 27.5. The Morgan fingerprint density at radius 3 is 1.67 bits per heavy atom. The molecule has 0 aliphatic heterocycles. The Bertz CT molecular complexity index is 734. The molecule has 0 saturated heterocycles. The molecule has 1 radical (unpaired) electrons. The maximum atomic E-state index is 11.5. The zero-order valence-corrected chi connectivity index (χ0v) is 25.3. The molecule has 36 heavy (non-hydrogen) atoms. The third-order valence-electron chi connectivity index (χ3n) is 5.99. The van der Waals surface area contributed by atoms with Crippen LogP contribution in [0.15, 0.2) is 26.6 Å². The van der Waals surface area contributed by atoms with E-state index >= 15 is 0 Å². The Morgan fingerprint density at radius 1 is 0.833 bits per heavy atom. The summed E-state index contributed by atoms with van der Waals surface area (Å²) in [6.45, 7) is 14.3. The van der Waals surface area contributed by atoms with Crippen LogP contribution in [-0.4, -0.2) is 63.0 Å². The van der Waals surface area contributed by atoms with Gasteiger partial charge < -0.3 is 18.9 Å². The Morgan fingerprint density at radius 2 is 1.28 bits per heavy atom. The van der Waals surface area contributed by atoms with E-state index in [-0.39, 0.29) is 23.2 Å². The first kappa shape index (κ1) is 35.4. The molecule has 0 aromatic rings. The van der Waals surface area contributed by atoms with Gasteiger partial charge in [0, 0.05) is 56.9 Å². The number of thiol groups is 1. The molecular weight excluding hydrogens is 545 g/mol. The molecule has 0 fully saturated rings. The van der Waals surface area contributed by atoms with Crippen LogP contribution in [0.1, 0.15) is 86.5 Å². The van der Waals surface area contributed by atoms with Gasteiger partial charge in [0.1, 0.15) is 0 Å². The van der Waals surface area contributed by atoms with Gasteiger partial charge in [-0.3, -0.25) is 9.59 Å². The van der Waals surface area contributed by atoms with Crippen molar-refractivity contribution in [2.75, 3.05) is 26.4 Å². The first-order chi connectivity index (χ1) is 17.2. The molecule has 0 heterocycles. The molecule has 0 amide bonds. The van der Waals surface area contributed by atoms with Gasteiger partial charge in [0.05, 0.1) is 0 Å². The van der Waals surface area contributed by atoms with E-state index < -0.39 is 0 Å². The van der Waals surface area contributed by atoms with E-state index in [9.17, 15) is 9.59 Å². The SMILES string of the molecule is CCOC(CC(Br)C1=C(C)C(=O)CC1)OCC.CCOC(CCC1=C(C)C(=O)CC1)OCC.[B]=NS. The summed E-state index contributed by atoms with van der Waals surface area (Å²) in [6.07, 6.45) is 5.34. The Balaban J connectivity index is 0.000000614. The molecule has 7 nitrogen and oxygen atoms in total. The van der Waals surface area contributed by atoms with E-state index in [1.54, 1.807) is 0 Å². The van der Waals surface area contributed by atoms with Crippen molar-refractivity contribution in [1.82, 2.24) is 0 Å². The number of rotatable bonds is 14. The number of ether oxygens (including phenoxy) is 4. The molecular formula is C26H44BBrNO6S. The summed E-state index contributed by atoms with van der Waals surface area (Å²) >= 11 is 6.83. The summed E-state index contributed by atoms with van der Waals surface area (Å²) in [4.78, 5) is 23.0. The van der Waals surface area contributed by atoms with Gasteiger partial charge in [0.25, 0.3) is 0 Å². The van der Waals surface area contributed by atoms with Crippen LogP contribution in [0.2, 0.25) is 0 Å². The average Bonchev–Trinajstić information content (AvgIpc) is 3.34. The molecule has 205 valence electrons. The van der Waals surface area contributed by atoms with Gasteiger partial charge in [-0.15, -0.1) is 0 Å². The van der Waals surface area contributed by atoms with E-state index in [0.29, 0.717) is 45.1 Å². The number of allylic oxidation sites excluding steroid dienone is 4. The van der Waals surface area contributed by atoms with Crippen LogP contribution in [-0.2, 0) is 28.5 Å². The predicted octanol–water partition coefficient (Wildman–Crippen LogP) is 6.25. The van der Waals surface area contributed by atoms with Crippen molar-refractivity contribution in [2.45, 2.75) is 104 Å². The number of hydrogen-bond donors (Lipinski definition) is 1. The summed E-state index contributed by atoms with van der Waals surface area (Å²) in [5.41, 5.74) is 4.37. The van der Waals surface area contributed by atoms with Crippen LogP contribution >= 0.6 is 28.7 Å². The fourth-order valence-electron chi connectivity index (χ4n) is 4.09. The topological polar surface area (TPSA) is 83.4 Å². The van der Waals surface area contributed by atoms with Crippen LogP contribution in [0.3, 0.4) is 0 Å². The minimum atomic E-state index is -0.189. The van der Waals surface area contributed by atoms with Gasteiger partial charge in [-0.2, -0.15) is 0 Å². The van der Waals surface area contributed by atoms with Crippen molar-refractivity contribution in [3.8, 4) is 0 Å². The number of carbonyl (C=O) groups excluding carboxylic acids is 2. The number of carbonyl (C=O) groups is 2. The quantitative estimate of drug-likeness (QED) is 0.112. The van der Waals surface area contributed by atoms with E-state index in [1.165, 1.54) is 11.1 Å². The van der Waals surface area contributed by atoms with E-state index in [2.05, 4.69) is 40.7 Å². The normalized spacial score (nSPS) is 16.4. The zero-order valence-electron chi connectivity index (χ0n) is 22.8. The second-order valence-corrected chi connectivity index (χ2v) is 9.60. The van der Waals surface area contributed by atoms with Gasteiger partial charge in [-0.1, -0.05) is 21.5 Å². The van der Waals surface area contributed by atoms with Gasteiger partial charge in [0.15, 0.2) is 24.1 Å². The summed E-state index contributed by atoms with van der Waals surface area (Å²) in [5.74, 6) is 0.577. The molecule has 0 N–H and O–H groups in total. The number of ketones is 2. The maximum absolute atomic E-state index is 11.5. The first-order valence-corrected chi connectivity index (χ1v) is 14.1. The average molecular weight is 589 g/mol. The number of nitrogens with zero attached hydrogens (tertiary/aromatic N) is 1. The van der Waals surface area contributed by atoms with Crippen molar-refractivity contribution >= 4 is 47.9 Å². The van der Waals surface area contributed by atoms with Crippen molar-refractivity contribution in [3.05, 3.63) is 22.3 Å². The molecule has 10 heteroatoms. The van der Waals surface area contributed by atoms with Crippen molar-refractivity contribution in [1.29, 1.82) is 0 Å². The van der Waals surface area contributed by atoms with Crippen molar-refractivity contribution < 1.29 is 28.5 Å².